The summed E-state index contributed by atoms with van der Waals surface area (Å²) in [6.45, 7) is 19.8. The predicted octanol–water partition coefficient (Wildman–Crippen LogP) is 31.9. The minimum absolute atomic E-state index is 0. The van der Waals surface area contributed by atoms with Crippen LogP contribution in [-0.2, 0) is 86.2 Å². The second-order valence-electron chi connectivity index (χ2n) is 36.3. The van der Waals surface area contributed by atoms with Gasteiger partial charge in [0.1, 0.15) is 0 Å². The van der Waals surface area contributed by atoms with Crippen molar-refractivity contribution in [1.82, 2.24) is 19.9 Å². The van der Waals surface area contributed by atoms with Crippen LogP contribution < -0.4 is 0 Å². The normalized spacial score (nSPS) is 13.0. The SMILES string of the molecule is CC(=O)C=C(C)O.CC(=O)C=C(C)O.CC1(C)c2cc(-c3ccc4ccccc4n3)[c-]cc2-c2cc3c4ccccc4c4ccccc4c3cc21.CC1(C)c2cc(-c3ccccn3)[c-]cc2-c2cc3c4ccccc4c4ccccc4c3cc21.CC1(C)c2cc(-c3nccc4ccccc34)[c-]cc2-c2cc3c4ccccc4c4ccccc4c3cc21.[Ir].[Ir].[Ir].[c-]1ccccc1-c1ccccn1. The summed E-state index contributed by atoms with van der Waals surface area (Å²) in [7, 11) is 0. The molecule has 669 valence electrons. The van der Waals surface area contributed by atoms with E-state index in [0.29, 0.717) is 0 Å². The number of aliphatic hydroxyl groups is 2. The quantitative estimate of drug-likeness (QED) is 0.0730. The van der Waals surface area contributed by atoms with Gasteiger partial charge < -0.3 is 25.2 Å². The molecule has 4 aromatic heterocycles. The number of hydrogen-bond acceptors (Lipinski definition) is 8. The van der Waals surface area contributed by atoms with Gasteiger partial charge in [0, 0.05) is 91.1 Å². The maximum atomic E-state index is 10.0. The molecule has 3 radical (unpaired) electrons. The van der Waals surface area contributed by atoms with E-state index in [0.717, 1.165) is 61.3 Å². The van der Waals surface area contributed by atoms with Gasteiger partial charge >= 0.3 is 0 Å². The van der Waals surface area contributed by atoms with Crippen LogP contribution in [0.15, 0.2) is 388 Å². The van der Waals surface area contributed by atoms with Crippen LogP contribution in [0.4, 0.5) is 0 Å². The number of ketones is 2. The first-order valence-electron chi connectivity index (χ1n) is 45.1. The standard InChI is InChI=1S/2C36H24N.C32H22N.C11H8N.2C5H8O2.3Ir/c1-36(2)32-19-23(35-18-16-22-9-3-8-14-34(22)37-35)15-17-28(32)31-20-29-26-12-6-4-10-24(26)25-11-5-7-13-27(25)30(29)21-33(31)36;1-36(2)33-19-23(35-24-10-4-3-9-22(24)17-18-37-35)15-16-29(33)32-20-30-27-13-7-5-11-25(27)26-12-6-8-14-28(26)31(30)21-34(32)36;1-32(2)29-17-20(31-13-7-8-16-33-31)14-15-25(29)28-18-26-23-11-5-3-9-21(23)22-10-4-6-12-24(22)27(26)19-30(28)32;1-2-6-10(7-3-1)11-8-4-5-9-12-11;2*1-4(6)3-5(2)7;;;/h2*3-14,16-21H,1-2H3;3-13,15-19H,1-2H3;1-6,8-9H;2*3,6H,1-2H3;;;/q4*-1;;;;;. The van der Waals surface area contributed by atoms with Crippen LogP contribution >= 0.6 is 0 Å². The predicted molar refractivity (Wildman–Crippen MR) is 553 cm³/mol. The molecule has 11 heteroatoms. The summed E-state index contributed by atoms with van der Waals surface area (Å²) in [4.78, 5) is 38.5. The van der Waals surface area contributed by atoms with Crippen LogP contribution in [-0.4, -0.2) is 41.7 Å². The molecule has 0 saturated carbocycles. The molecule has 0 bridgehead atoms. The van der Waals surface area contributed by atoms with Gasteiger partial charge in [-0.1, -0.05) is 318 Å². The average molecular weight is 2290 g/mol. The van der Waals surface area contributed by atoms with Crippen molar-refractivity contribution >= 4 is 130 Å². The number of fused-ring (bicyclic) bond motifs is 29. The Morgan fingerprint density at radius 2 is 0.574 bits per heavy atom. The van der Waals surface area contributed by atoms with Gasteiger partial charge in [-0.15, -0.1) is 124 Å². The first kappa shape index (κ1) is 93.6. The molecule has 0 fully saturated rings. The molecule has 8 nitrogen and oxygen atoms in total. The number of carbonyl (C=O) groups is 2. The summed E-state index contributed by atoms with van der Waals surface area (Å²) >= 11 is 0. The fourth-order valence-electron chi connectivity index (χ4n) is 20.4. The van der Waals surface area contributed by atoms with Crippen LogP contribution in [0, 0.1) is 24.3 Å². The van der Waals surface area contributed by atoms with E-state index in [9.17, 15) is 9.59 Å². The molecular formula is C125H94Ir3N4O4-4. The Bertz CT molecular complexity index is 8460. The largest absolute Gasteiger partial charge is 0.512 e. The number of nitrogens with zero attached hydrogens (tertiary/aromatic N) is 4. The van der Waals surface area contributed by atoms with Gasteiger partial charge in [-0.05, 0) is 239 Å². The molecular weight excluding hydrogens is 2200 g/mol. The first-order valence-corrected chi connectivity index (χ1v) is 45.1. The van der Waals surface area contributed by atoms with Crippen molar-refractivity contribution in [2.24, 2.45) is 0 Å². The first-order chi connectivity index (χ1) is 64.5. The number of aliphatic hydroxyl groups excluding tert-OH is 2. The van der Waals surface area contributed by atoms with Crippen molar-refractivity contribution < 1.29 is 80.1 Å². The summed E-state index contributed by atoms with van der Waals surface area (Å²) in [6.07, 6.45) is 7.87. The van der Waals surface area contributed by atoms with E-state index >= 15 is 0 Å². The van der Waals surface area contributed by atoms with Crippen LogP contribution in [0.1, 0.15) is 103 Å². The van der Waals surface area contributed by atoms with Crippen molar-refractivity contribution in [2.45, 2.75) is 85.5 Å². The number of allylic oxidation sites excluding steroid dienone is 4. The Morgan fingerprint density at radius 1 is 0.265 bits per heavy atom. The minimum atomic E-state index is -0.125. The zero-order valence-corrected chi connectivity index (χ0v) is 84.0. The third-order valence-corrected chi connectivity index (χ3v) is 26.6. The molecule has 22 aromatic rings. The fourth-order valence-corrected chi connectivity index (χ4v) is 20.4. The van der Waals surface area contributed by atoms with E-state index in [1.54, 1.807) is 6.20 Å². The van der Waals surface area contributed by atoms with Gasteiger partial charge in [-0.3, -0.25) is 14.6 Å². The van der Waals surface area contributed by atoms with Crippen molar-refractivity contribution in [3.8, 4) is 78.4 Å². The Kier molecular flexibility index (Phi) is 26.6. The number of benzene rings is 18. The van der Waals surface area contributed by atoms with Crippen LogP contribution in [0.25, 0.3) is 197 Å². The molecule has 0 unspecified atom stereocenters. The van der Waals surface area contributed by atoms with Gasteiger partial charge in [0.25, 0.3) is 0 Å². The van der Waals surface area contributed by atoms with E-state index in [-0.39, 0.29) is 99.6 Å². The maximum absolute atomic E-state index is 10.0. The molecule has 3 aliphatic carbocycles. The fraction of sp³-hybridized carbons (Fsp3) is 0.104. The van der Waals surface area contributed by atoms with Crippen molar-refractivity contribution in [2.75, 3.05) is 0 Å². The zero-order valence-electron chi connectivity index (χ0n) is 76.8. The Labute approximate surface area is 832 Å². The number of hydrogen-bond donors (Lipinski definition) is 2. The van der Waals surface area contributed by atoms with Crippen LogP contribution in [0.5, 0.6) is 0 Å². The molecule has 0 amide bonds. The topological polar surface area (TPSA) is 126 Å². The van der Waals surface area contributed by atoms with Gasteiger partial charge in [-0.2, -0.15) is 0 Å². The second kappa shape index (κ2) is 38.6. The van der Waals surface area contributed by atoms with E-state index in [1.165, 1.54) is 209 Å². The molecule has 3 aliphatic rings. The third-order valence-electron chi connectivity index (χ3n) is 26.6. The maximum Gasteiger partial charge on any atom is 0.155 e. The molecule has 0 spiro atoms. The van der Waals surface area contributed by atoms with E-state index in [2.05, 4.69) is 361 Å². The monoisotopic (exact) mass is 2290 g/mol. The molecule has 18 aromatic carbocycles. The van der Waals surface area contributed by atoms with E-state index in [4.69, 9.17) is 20.2 Å². The van der Waals surface area contributed by atoms with E-state index < -0.39 is 0 Å². The zero-order chi connectivity index (χ0) is 91.6. The van der Waals surface area contributed by atoms with Crippen molar-refractivity contribution in [3.05, 3.63) is 446 Å². The third kappa shape index (κ3) is 17.4. The molecule has 0 aliphatic heterocycles. The van der Waals surface area contributed by atoms with Gasteiger partial charge in [0.05, 0.1) is 17.0 Å². The van der Waals surface area contributed by atoms with Crippen LogP contribution in [0.2, 0.25) is 0 Å². The Hall–Kier alpha value is -14.2. The number of para-hydroxylation sites is 1. The smallest absolute Gasteiger partial charge is 0.155 e. The van der Waals surface area contributed by atoms with Crippen molar-refractivity contribution in [3.63, 3.8) is 0 Å². The number of pyridine rings is 4. The summed E-state index contributed by atoms with van der Waals surface area (Å²) in [5, 5.41) is 44.0. The average Bonchev–Trinajstić information content (AvgIpc) is 1.55. The number of carbonyl (C=O) groups excluding carboxylic acids is 2. The van der Waals surface area contributed by atoms with Gasteiger partial charge in [-0.25, -0.2) is 0 Å². The van der Waals surface area contributed by atoms with Crippen LogP contribution in [0.3, 0.4) is 0 Å². The molecule has 4 heterocycles. The Balaban J connectivity index is 0.000000124. The molecule has 0 saturated heterocycles. The molecule has 0 atom stereocenters. The number of aromatic nitrogens is 4. The van der Waals surface area contributed by atoms with Gasteiger partial charge in [0.2, 0.25) is 0 Å². The summed E-state index contributed by atoms with van der Waals surface area (Å²) < 4.78 is 0. The van der Waals surface area contributed by atoms with Crippen molar-refractivity contribution in [1.29, 1.82) is 0 Å². The molecule has 136 heavy (non-hydrogen) atoms. The molecule has 2 N–H and O–H groups in total. The summed E-state index contributed by atoms with van der Waals surface area (Å²) in [6, 6.07) is 138. The Morgan fingerprint density at radius 3 is 0.926 bits per heavy atom. The second-order valence-corrected chi connectivity index (χ2v) is 36.3. The van der Waals surface area contributed by atoms with E-state index in [1.807, 2.05) is 73.1 Å². The number of rotatable bonds is 6. The van der Waals surface area contributed by atoms with Gasteiger partial charge in [0.15, 0.2) is 11.6 Å². The summed E-state index contributed by atoms with van der Waals surface area (Å²) in [5.74, 6) is -0.125. The summed E-state index contributed by atoms with van der Waals surface area (Å²) in [5.41, 5.74) is 24.8. The minimum Gasteiger partial charge on any atom is -0.512 e. The molecule has 25 rings (SSSR count).